The van der Waals surface area contributed by atoms with Crippen LogP contribution in [0.1, 0.15) is 5.56 Å². The van der Waals surface area contributed by atoms with E-state index in [0.29, 0.717) is 6.73 Å². The van der Waals surface area contributed by atoms with E-state index >= 15 is 0 Å². The van der Waals surface area contributed by atoms with Crippen molar-refractivity contribution in [1.29, 1.82) is 0 Å². The summed E-state index contributed by atoms with van der Waals surface area (Å²) in [5.74, 6) is 1.16. The van der Waals surface area contributed by atoms with E-state index in [1.54, 1.807) is 0 Å². The van der Waals surface area contributed by atoms with Gasteiger partial charge in [0.05, 0.1) is 12.8 Å². The lowest BCUT2D eigenvalue weighted by atomic mass is 10.4. The van der Waals surface area contributed by atoms with Crippen molar-refractivity contribution < 1.29 is 4.74 Å². The van der Waals surface area contributed by atoms with Gasteiger partial charge >= 0.3 is 0 Å². The van der Waals surface area contributed by atoms with Crippen molar-refractivity contribution in [3.05, 3.63) is 18.0 Å². The molecule has 0 saturated heterocycles. The zero-order valence-corrected chi connectivity index (χ0v) is 10.3. The second kappa shape index (κ2) is 4.84. The zero-order valence-electron chi connectivity index (χ0n) is 9.49. The van der Waals surface area contributed by atoms with E-state index in [2.05, 4.69) is 23.9 Å². The number of hydrogen-bond donors (Lipinski definition) is 0. The van der Waals surface area contributed by atoms with Crippen molar-refractivity contribution in [2.75, 3.05) is 31.1 Å². The second-order valence-corrected chi connectivity index (χ2v) is 8.98. The average molecular weight is 216 g/mol. The lowest BCUT2D eigenvalue weighted by Crippen LogP contribution is -2.10. The van der Waals surface area contributed by atoms with Gasteiger partial charge < -0.3 is 4.74 Å². The van der Waals surface area contributed by atoms with E-state index in [9.17, 15) is 0 Å². The van der Waals surface area contributed by atoms with E-state index in [4.69, 9.17) is 4.74 Å². The summed E-state index contributed by atoms with van der Waals surface area (Å²) in [6.45, 7) is 3.43. The summed E-state index contributed by atoms with van der Waals surface area (Å²) in [6.07, 6.45) is 10.7. The Morgan fingerprint density at radius 3 is 2.64 bits per heavy atom. The lowest BCUT2D eigenvalue weighted by molar-refractivity contribution is 0.0809. The minimum absolute atomic E-state index is 0.428. The zero-order chi connectivity index (χ0) is 10.6. The van der Waals surface area contributed by atoms with Crippen LogP contribution < -0.4 is 0 Å². The SMILES string of the molecule is Cc1cnn(COCCS(C)(C)C)c1. The number of ether oxygens (including phenoxy) is 1. The highest BCUT2D eigenvalue weighted by molar-refractivity contribution is 8.32. The van der Waals surface area contributed by atoms with Crippen LogP contribution in [0.3, 0.4) is 0 Å². The van der Waals surface area contributed by atoms with Gasteiger partial charge in [-0.25, -0.2) is 14.7 Å². The molecule has 0 N–H and O–H groups in total. The molecule has 0 fully saturated rings. The molecule has 0 radical (unpaired) electrons. The fourth-order valence-electron chi connectivity index (χ4n) is 1.00. The Morgan fingerprint density at radius 1 is 1.43 bits per heavy atom. The molecule has 0 saturated carbocycles. The van der Waals surface area contributed by atoms with Crippen molar-refractivity contribution in [1.82, 2.24) is 9.78 Å². The maximum absolute atomic E-state index is 5.53. The molecule has 3 nitrogen and oxygen atoms in total. The first-order chi connectivity index (χ1) is 6.47. The molecule has 1 heterocycles. The number of aryl methyl sites for hydroxylation is 1. The summed E-state index contributed by atoms with van der Waals surface area (Å²) in [5.41, 5.74) is 1.18. The molecular formula is C10H20N2OS. The molecule has 82 valence electrons. The van der Waals surface area contributed by atoms with Crippen LogP contribution in [0.25, 0.3) is 0 Å². The standard InChI is InChI=1S/C10H20N2OS/c1-10-7-11-12(8-10)9-13-5-6-14(2,3)4/h7-8H,5-6,9H2,1-4H3. The monoisotopic (exact) mass is 216 g/mol. The third kappa shape index (κ3) is 4.67. The largest absolute Gasteiger partial charge is 0.358 e. The molecule has 0 atom stereocenters. The number of aromatic nitrogens is 2. The van der Waals surface area contributed by atoms with Gasteiger partial charge in [0.2, 0.25) is 0 Å². The predicted molar refractivity (Wildman–Crippen MR) is 63.1 cm³/mol. The molecule has 0 aromatic carbocycles. The van der Waals surface area contributed by atoms with Gasteiger partial charge in [-0.1, -0.05) is 0 Å². The molecule has 0 bridgehead atoms. The van der Waals surface area contributed by atoms with Crippen molar-refractivity contribution >= 4 is 10.0 Å². The van der Waals surface area contributed by atoms with Gasteiger partial charge in [-0.05, 0) is 31.3 Å². The number of hydrogen-bond acceptors (Lipinski definition) is 2. The average Bonchev–Trinajstić information content (AvgIpc) is 2.44. The number of nitrogens with zero attached hydrogens (tertiary/aromatic N) is 2. The summed E-state index contributed by atoms with van der Waals surface area (Å²) in [6, 6.07) is 0. The van der Waals surface area contributed by atoms with Crippen molar-refractivity contribution in [3.8, 4) is 0 Å². The minimum atomic E-state index is -0.428. The maximum Gasteiger partial charge on any atom is 0.139 e. The van der Waals surface area contributed by atoms with Crippen molar-refractivity contribution in [2.24, 2.45) is 0 Å². The third-order valence-electron chi connectivity index (χ3n) is 1.83. The van der Waals surface area contributed by atoms with Gasteiger partial charge in [-0.15, -0.1) is 0 Å². The van der Waals surface area contributed by atoms with Gasteiger partial charge in [0, 0.05) is 11.9 Å². The molecule has 1 aromatic rings. The molecule has 1 rings (SSSR count). The van der Waals surface area contributed by atoms with Crippen LogP contribution in [0.5, 0.6) is 0 Å². The van der Waals surface area contributed by atoms with Gasteiger partial charge in [0.15, 0.2) is 0 Å². The fraction of sp³-hybridized carbons (Fsp3) is 0.700. The van der Waals surface area contributed by atoms with Gasteiger partial charge in [-0.2, -0.15) is 5.10 Å². The second-order valence-electron chi connectivity index (χ2n) is 4.39. The van der Waals surface area contributed by atoms with Gasteiger partial charge in [0.1, 0.15) is 6.73 Å². The Kier molecular flexibility index (Phi) is 4.01. The third-order valence-corrected chi connectivity index (χ3v) is 3.22. The van der Waals surface area contributed by atoms with Crippen LogP contribution in [-0.4, -0.2) is 40.9 Å². The quantitative estimate of drug-likeness (QED) is 0.702. The molecule has 4 heteroatoms. The molecule has 0 aliphatic rings. The van der Waals surface area contributed by atoms with E-state index in [-0.39, 0.29) is 0 Å². The molecule has 0 spiro atoms. The van der Waals surface area contributed by atoms with Crippen LogP contribution in [0.15, 0.2) is 12.4 Å². The molecule has 0 aliphatic heterocycles. The Balaban J connectivity index is 2.16. The summed E-state index contributed by atoms with van der Waals surface area (Å²) in [4.78, 5) is 0. The summed E-state index contributed by atoms with van der Waals surface area (Å²) >= 11 is 0. The van der Waals surface area contributed by atoms with E-state index in [1.165, 1.54) is 5.56 Å². The van der Waals surface area contributed by atoms with E-state index in [1.807, 2.05) is 24.0 Å². The Bertz CT molecular complexity index is 278. The first-order valence-electron chi connectivity index (χ1n) is 4.70. The number of rotatable bonds is 5. The molecule has 0 aliphatic carbocycles. The Labute approximate surface area is 87.8 Å². The highest BCUT2D eigenvalue weighted by Crippen LogP contribution is 2.33. The van der Waals surface area contributed by atoms with Crippen molar-refractivity contribution in [3.63, 3.8) is 0 Å². The minimum Gasteiger partial charge on any atom is -0.358 e. The predicted octanol–water partition coefficient (Wildman–Crippen LogP) is 1.86. The van der Waals surface area contributed by atoms with Crippen molar-refractivity contribution in [2.45, 2.75) is 13.7 Å². The van der Waals surface area contributed by atoms with E-state index < -0.39 is 10.0 Å². The van der Waals surface area contributed by atoms with Crippen LogP contribution >= 0.6 is 10.0 Å². The van der Waals surface area contributed by atoms with E-state index in [0.717, 1.165) is 12.4 Å². The summed E-state index contributed by atoms with van der Waals surface area (Å²) < 4.78 is 7.36. The molecular weight excluding hydrogens is 196 g/mol. The molecule has 14 heavy (non-hydrogen) atoms. The first-order valence-corrected chi connectivity index (χ1v) is 7.73. The van der Waals surface area contributed by atoms with Crippen LogP contribution in [0.2, 0.25) is 0 Å². The summed E-state index contributed by atoms with van der Waals surface area (Å²) in [5, 5.41) is 4.15. The Hall–Kier alpha value is -0.480. The van der Waals surface area contributed by atoms with Crippen LogP contribution in [-0.2, 0) is 11.5 Å². The normalized spacial score (nSPS) is 13.1. The summed E-state index contributed by atoms with van der Waals surface area (Å²) in [7, 11) is -0.428. The Morgan fingerprint density at radius 2 is 2.14 bits per heavy atom. The first kappa shape index (κ1) is 11.6. The lowest BCUT2D eigenvalue weighted by Gasteiger charge is -2.24. The van der Waals surface area contributed by atoms with Crippen LogP contribution in [0, 0.1) is 6.92 Å². The van der Waals surface area contributed by atoms with Crippen LogP contribution in [0.4, 0.5) is 0 Å². The molecule has 0 unspecified atom stereocenters. The highest BCUT2D eigenvalue weighted by atomic mass is 32.3. The highest BCUT2D eigenvalue weighted by Gasteiger charge is 2.03. The van der Waals surface area contributed by atoms with Gasteiger partial charge in [0.25, 0.3) is 0 Å². The fourth-order valence-corrected chi connectivity index (χ4v) is 1.62. The van der Waals surface area contributed by atoms with Gasteiger partial charge in [-0.3, -0.25) is 0 Å². The molecule has 1 aromatic heterocycles. The maximum atomic E-state index is 5.53. The topological polar surface area (TPSA) is 27.1 Å². The molecule has 0 amide bonds. The smallest absolute Gasteiger partial charge is 0.139 e.